The zero-order valence-electron chi connectivity index (χ0n) is 7.09. The van der Waals surface area contributed by atoms with Gasteiger partial charge in [0.2, 0.25) is 0 Å². The molecule has 0 spiro atoms. The lowest BCUT2D eigenvalue weighted by Crippen LogP contribution is -2.27. The van der Waals surface area contributed by atoms with Crippen molar-refractivity contribution >= 4 is 0 Å². The molecule has 58 valence electrons. The van der Waals surface area contributed by atoms with Gasteiger partial charge in [-0.25, -0.2) is 0 Å². The van der Waals surface area contributed by atoms with Crippen LogP contribution in [0.15, 0.2) is 11.6 Å². The Morgan fingerprint density at radius 2 is 2.20 bits per heavy atom. The highest BCUT2D eigenvalue weighted by Gasteiger charge is 2.27. The highest BCUT2D eigenvalue weighted by Crippen LogP contribution is 2.30. The summed E-state index contributed by atoms with van der Waals surface area (Å²) in [4.78, 5) is 0. The predicted octanol–water partition coefficient (Wildman–Crippen LogP) is 1.94. The Kier molecular flexibility index (Phi) is 2.14. The maximum Gasteiger partial charge on any atom is 0.0282 e. The molecule has 1 heteroatoms. The second-order valence-electron chi connectivity index (χ2n) is 3.37. The van der Waals surface area contributed by atoms with Crippen molar-refractivity contribution in [2.24, 2.45) is 17.6 Å². The standard InChI is InChI=1S/C9H17N/c1-4-8-5-6(2)9(10)7(8)3/h5,7-9H,4,10H2,1-3H3/t7-,8?,9+/m1/s1. The lowest BCUT2D eigenvalue weighted by atomic mass is 9.92. The van der Waals surface area contributed by atoms with Crippen LogP contribution in [-0.2, 0) is 0 Å². The van der Waals surface area contributed by atoms with Gasteiger partial charge in [0.05, 0.1) is 0 Å². The smallest absolute Gasteiger partial charge is 0.0282 e. The van der Waals surface area contributed by atoms with Gasteiger partial charge in [-0.15, -0.1) is 0 Å². The molecule has 0 aromatic rings. The summed E-state index contributed by atoms with van der Waals surface area (Å²) in [6.45, 7) is 6.60. The van der Waals surface area contributed by atoms with Crippen LogP contribution in [0, 0.1) is 11.8 Å². The molecule has 1 unspecified atom stereocenters. The molecule has 0 bridgehead atoms. The van der Waals surface area contributed by atoms with Crippen molar-refractivity contribution in [3.8, 4) is 0 Å². The molecule has 1 rings (SSSR count). The summed E-state index contributed by atoms with van der Waals surface area (Å²) < 4.78 is 0. The fraction of sp³-hybridized carbons (Fsp3) is 0.778. The molecule has 0 aromatic carbocycles. The maximum absolute atomic E-state index is 5.92. The van der Waals surface area contributed by atoms with E-state index in [0.717, 1.165) is 5.92 Å². The number of hydrogen-bond acceptors (Lipinski definition) is 1. The fourth-order valence-corrected chi connectivity index (χ4v) is 1.77. The summed E-state index contributed by atoms with van der Waals surface area (Å²) in [5.41, 5.74) is 7.29. The average Bonchev–Trinajstić information content (AvgIpc) is 2.17. The average molecular weight is 139 g/mol. The summed E-state index contributed by atoms with van der Waals surface area (Å²) in [5.74, 6) is 1.39. The Morgan fingerprint density at radius 1 is 1.60 bits per heavy atom. The van der Waals surface area contributed by atoms with Crippen LogP contribution in [0.3, 0.4) is 0 Å². The van der Waals surface area contributed by atoms with Crippen molar-refractivity contribution in [3.05, 3.63) is 11.6 Å². The van der Waals surface area contributed by atoms with Crippen LogP contribution in [0.25, 0.3) is 0 Å². The van der Waals surface area contributed by atoms with Crippen LogP contribution in [0.5, 0.6) is 0 Å². The first-order valence-corrected chi connectivity index (χ1v) is 4.10. The van der Waals surface area contributed by atoms with Crippen molar-refractivity contribution in [1.29, 1.82) is 0 Å². The second-order valence-corrected chi connectivity index (χ2v) is 3.37. The summed E-state index contributed by atoms with van der Waals surface area (Å²) in [7, 11) is 0. The monoisotopic (exact) mass is 139 g/mol. The summed E-state index contributed by atoms with van der Waals surface area (Å²) in [6, 6.07) is 0.324. The van der Waals surface area contributed by atoms with E-state index in [2.05, 4.69) is 26.8 Å². The van der Waals surface area contributed by atoms with Crippen LogP contribution in [0.2, 0.25) is 0 Å². The van der Waals surface area contributed by atoms with Crippen LogP contribution < -0.4 is 5.73 Å². The van der Waals surface area contributed by atoms with E-state index in [9.17, 15) is 0 Å². The molecule has 0 saturated heterocycles. The van der Waals surface area contributed by atoms with E-state index in [1.807, 2.05) is 0 Å². The van der Waals surface area contributed by atoms with Gasteiger partial charge < -0.3 is 5.73 Å². The molecule has 1 aliphatic carbocycles. The van der Waals surface area contributed by atoms with Gasteiger partial charge in [0.25, 0.3) is 0 Å². The van der Waals surface area contributed by atoms with Gasteiger partial charge >= 0.3 is 0 Å². The minimum Gasteiger partial charge on any atom is -0.324 e. The van der Waals surface area contributed by atoms with Gasteiger partial charge in [0.15, 0.2) is 0 Å². The van der Waals surface area contributed by atoms with Crippen molar-refractivity contribution in [2.75, 3.05) is 0 Å². The molecule has 1 nitrogen and oxygen atoms in total. The molecule has 0 radical (unpaired) electrons. The highest BCUT2D eigenvalue weighted by molar-refractivity contribution is 5.18. The molecule has 0 fully saturated rings. The molecular weight excluding hydrogens is 122 g/mol. The number of nitrogens with two attached hydrogens (primary N) is 1. The zero-order chi connectivity index (χ0) is 7.72. The lowest BCUT2D eigenvalue weighted by molar-refractivity contribution is 0.409. The Bertz CT molecular complexity index is 149. The van der Waals surface area contributed by atoms with E-state index < -0.39 is 0 Å². The second kappa shape index (κ2) is 2.75. The fourth-order valence-electron chi connectivity index (χ4n) is 1.77. The summed E-state index contributed by atoms with van der Waals surface area (Å²) in [5, 5.41) is 0. The Hall–Kier alpha value is -0.300. The molecule has 1 aliphatic rings. The van der Waals surface area contributed by atoms with Gasteiger partial charge in [-0.2, -0.15) is 0 Å². The predicted molar refractivity (Wildman–Crippen MR) is 44.7 cm³/mol. The van der Waals surface area contributed by atoms with E-state index in [1.165, 1.54) is 12.0 Å². The molecule has 0 heterocycles. The van der Waals surface area contributed by atoms with Gasteiger partial charge in [-0.3, -0.25) is 0 Å². The molecule has 2 N–H and O–H groups in total. The van der Waals surface area contributed by atoms with Crippen LogP contribution in [-0.4, -0.2) is 6.04 Å². The van der Waals surface area contributed by atoms with Gasteiger partial charge in [-0.05, 0) is 25.2 Å². The highest BCUT2D eigenvalue weighted by atomic mass is 14.7. The zero-order valence-corrected chi connectivity index (χ0v) is 7.09. The van der Waals surface area contributed by atoms with Gasteiger partial charge in [0.1, 0.15) is 0 Å². The molecular formula is C9H17N. The lowest BCUT2D eigenvalue weighted by Gasteiger charge is -2.16. The van der Waals surface area contributed by atoms with E-state index in [-0.39, 0.29) is 0 Å². The van der Waals surface area contributed by atoms with Crippen molar-refractivity contribution in [3.63, 3.8) is 0 Å². The third kappa shape index (κ3) is 1.10. The molecule has 3 atom stereocenters. The van der Waals surface area contributed by atoms with Gasteiger partial charge in [0, 0.05) is 6.04 Å². The molecule has 0 saturated carbocycles. The minimum absolute atomic E-state index is 0.324. The van der Waals surface area contributed by atoms with Crippen LogP contribution in [0.1, 0.15) is 27.2 Å². The van der Waals surface area contributed by atoms with Crippen LogP contribution >= 0.6 is 0 Å². The first kappa shape index (κ1) is 7.80. The molecule has 10 heavy (non-hydrogen) atoms. The number of rotatable bonds is 1. The quantitative estimate of drug-likeness (QED) is 0.552. The molecule has 0 aromatic heterocycles. The largest absolute Gasteiger partial charge is 0.324 e. The van der Waals surface area contributed by atoms with Crippen molar-refractivity contribution in [2.45, 2.75) is 33.2 Å². The van der Waals surface area contributed by atoms with E-state index in [0.29, 0.717) is 12.0 Å². The summed E-state index contributed by atoms with van der Waals surface area (Å²) in [6.07, 6.45) is 3.56. The number of allylic oxidation sites excluding steroid dienone is 1. The molecule has 0 amide bonds. The Balaban J connectivity index is 2.66. The van der Waals surface area contributed by atoms with E-state index in [4.69, 9.17) is 5.73 Å². The van der Waals surface area contributed by atoms with E-state index in [1.54, 1.807) is 0 Å². The number of hydrogen-bond donors (Lipinski definition) is 1. The third-order valence-electron chi connectivity index (χ3n) is 2.72. The molecule has 0 aliphatic heterocycles. The first-order valence-electron chi connectivity index (χ1n) is 4.10. The topological polar surface area (TPSA) is 26.0 Å². The van der Waals surface area contributed by atoms with Crippen molar-refractivity contribution < 1.29 is 0 Å². The Labute approximate surface area is 63.3 Å². The minimum atomic E-state index is 0.324. The van der Waals surface area contributed by atoms with Gasteiger partial charge in [-0.1, -0.05) is 25.5 Å². The normalized spacial score (nSPS) is 40.0. The van der Waals surface area contributed by atoms with Crippen molar-refractivity contribution in [1.82, 2.24) is 0 Å². The SMILES string of the molecule is CCC1C=C(C)[C@H](N)[C@@H]1C. The first-order chi connectivity index (χ1) is 4.66. The van der Waals surface area contributed by atoms with E-state index >= 15 is 0 Å². The third-order valence-corrected chi connectivity index (χ3v) is 2.72. The van der Waals surface area contributed by atoms with Crippen LogP contribution in [0.4, 0.5) is 0 Å². The summed E-state index contributed by atoms with van der Waals surface area (Å²) >= 11 is 0. The Morgan fingerprint density at radius 3 is 2.40 bits per heavy atom. The maximum atomic E-state index is 5.92.